The first-order valence-corrected chi connectivity index (χ1v) is 11.1. The van der Waals surface area contributed by atoms with Crippen LogP contribution >= 0.6 is 22.7 Å². The highest BCUT2D eigenvalue weighted by Gasteiger charge is 2.33. The molecular weight excluding hydrogens is 412 g/mol. The molecule has 0 amide bonds. The number of benzene rings is 2. The summed E-state index contributed by atoms with van der Waals surface area (Å²) in [5, 5.41) is 4.87. The molecule has 0 spiro atoms. The molecule has 6 heteroatoms. The van der Waals surface area contributed by atoms with Gasteiger partial charge in [0.1, 0.15) is 5.01 Å². The van der Waals surface area contributed by atoms with Crippen LogP contribution in [0.2, 0.25) is 0 Å². The van der Waals surface area contributed by atoms with E-state index in [2.05, 4.69) is 15.6 Å². The highest BCUT2D eigenvalue weighted by atomic mass is 32.1. The smallest absolute Gasteiger partial charge is 0.197 e. The average Bonchev–Trinajstić information content (AvgIpc) is 3.51. The molecule has 1 aliphatic carbocycles. The summed E-state index contributed by atoms with van der Waals surface area (Å²) in [5.41, 5.74) is 3.37. The number of thiazole rings is 1. The standard InChI is InChI=1S/C24H14N2O2S2/c1-26-19-11-15(30-21(19)12-20(26)24-25-6-7-29-24)10-18-22(27)16-8-13-4-2-3-5-14(13)9-17(16)23(18)28/h2-12H,1H3. The molecule has 3 aromatic heterocycles. The summed E-state index contributed by atoms with van der Waals surface area (Å²) in [6.45, 7) is 0. The monoisotopic (exact) mass is 426 g/mol. The van der Waals surface area contributed by atoms with Gasteiger partial charge in [-0.15, -0.1) is 22.7 Å². The number of aryl methyl sites for hydroxylation is 1. The van der Waals surface area contributed by atoms with Gasteiger partial charge in [-0.2, -0.15) is 0 Å². The van der Waals surface area contributed by atoms with Crippen molar-refractivity contribution in [2.75, 3.05) is 0 Å². The van der Waals surface area contributed by atoms with E-state index >= 15 is 0 Å². The van der Waals surface area contributed by atoms with Crippen LogP contribution in [0, 0.1) is 0 Å². The second-order valence-electron chi connectivity index (χ2n) is 7.29. The minimum atomic E-state index is -0.193. The molecule has 0 atom stereocenters. The summed E-state index contributed by atoms with van der Waals surface area (Å²) in [7, 11) is 2.01. The second kappa shape index (κ2) is 6.32. The molecule has 0 saturated carbocycles. The fourth-order valence-electron chi connectivity index (χ4n) is 4.04. The van der Waals surface area contributed by atoms with Crippen molar-refractivity contribution in [2.45, 2.75) is 0 Å². The number of aromatic nitrogens is 2. The van der Waals surface area contributed by atoms with E-state index in [0.29, 0.717) is 11.1 Å². The predicted octanol–water partition coefficient (Wildman–Crippen LogP) is 5.98. The summed E-state index contributed by atoms with van der Waals surface area (Å²) in [6.07, 6.45) is 3.54. The van der Waals surface area contributed by atoms with E-state index in [-0.39, 0.29) is 17.1 Å². The fraction of sp³-hybridized carbons (Fsp3) is 0.0417. The van der Waals surface area contributed by atoms with Gasteiger partial charge in [0.25, 0.3) is 0 Å². The Morgan fingerprint density at radius 2 is 1.67 bits per heavy atom. The lowest BCUT2D eigenvalue weighted by Gasteiger charge is -2.00. The van der Waals surface area contributed by atoms with Crippen molar-refractivity contribution in [3.63, 3.8) is 0 Å². The maximum absolute atomic E-state index is 13.0. The van der Waals surface area contributed by atoms with Gasteiger partial charge in [-0.25, -0.2) is 4.98 Å². The normalized spacial score (nSPS) is 13.6. The first-order chi connectivity index (χ1) is 14.6. The number of nitrogens with zero attached hydrogens (tertiary/aromatic N) is 2. The average molecular weight is 427 g/mol. The predicted molar refractivity (Wildman–Crippen MR) is 122 cm³/mol. The van der Waals surface area contributed by atoms with Crippen molar-refractivity contribution >= 4 is 61.3 Å². The lowest BCUT2D eigenvalue weighted by atomic mass is 10.0. The molecular formula is C24H14N2O2S2. The number of ketones is 2. The number of hydrogen-bond acceptors (Lipinski definition) is 5. The maximum atomic E-state index is 13.0. The fourth-order valence-corrected chi connectivity index (χ4v) is 5.80. The summed E-state index contributed by atoms with van der Waals surface area (Å²) in [6, 6.07) is 15.6. The van der Waals surface area contributed by atoms with Crippen LogP contribution in [-0.2, 0) is 7.05 Å². The summed E-state index contributed by atoms with van der Waals surface area (Å²) in [4.78, 5) is 31.3. The summed E-state index contributed by atoms with van der Waals surface area (Å²) >= 11 is 3.18. The van der Waals surface area contributed by atoms with E-state index in [1.54, 1.807) is 34.9 Å². The van der Waals surface area contributed by atoms with Crippen molar-refractivity contribution in [1.82, 2.24) is 9.55 Å². The Morgan fingerprint density at radius 3 is 2.27 bits per heavy atom. The third-order valence-corrected chi connectivity index (χ3v) is 7.37. The largest absolute Gasteiger partial charge is 0.341 e. The van der Waals surface area contributed by atoms with Gasteiger partial charge >= 0.3 is 0 Å². The van der Waals surface area contributed by atoms with Crippen molar-refractivity contribution in [1.29, 1.82) is 0 Å². The molecule has 4 nitrogen and oxygen atoms in total. The molecule has 144 valence electrons. The van der Waals surface area contributed by atoms with Crippen LogP contribution in [0.3, 0.4) is 0 Å². The van der Waals surface area contributed by atoms with Crippen LogP contribution in [0.15, 0.2) is 65.7 Å². The quantitative estimate of drug-likeness (QED) is 0.258. The van der Waals surface area contributed by atoms with Crippen LogP contribution in [-0.4, -0.2) is 21.1 Å². The Hall–Kier alpha value is -3.35. The molecule has 0 radical (unpaired) electrons. The highest BCUT2D eigenvalue weighted by molar-refractivity contribution is 7.20. The van der Waals surface area contributed by atoms with Gasteiger partial charge in [0, 0.05) is 34.6 Å². The third-order valence-electron chi connectivity index (χ3n) is 5.55. The molecule has 6 rings (SSSR count). The zero-order valence-electron chi connectivity index (χ0n) is 15.9. The molecule has 0 unspecified atom stereocenters. The minimum Gasteiger partial charge on any atom is -0.341 e. The Morgan fingerprint density at radius 1 is 0.967 bits per heavy atom. The van der Waals surface area contributed by atoms with Crippen molar-refractivity contribution in [3.05, 3.63) is 81.7 Å². The van der Waals surface area contributed by atoms with Crippen LogP contribution in [0.4, 0.5) is 0 Å². The second-order valence-corrected chi connectivity index (χ2v) is 9.30. The van der Waals surface area contributed by atoms with Crippen LogP contribution < -0.4 is 0 Å². The summed E-state index contributed by atoms with van der Waals surface area (Å²) < 4.78 is 3.21. The SMILES string of the molecule is Cn1c(-c2nccs2)cc2sc(C=C3C(=O)c4cc5ccccc5cc4C3=O)cc21. The summed E-state index contributed by atoms with van der Waals surface area (Å²) in [5.74, 6) is -0.386. The molecule has 0 aliphatic heterocycles. The topological polar surface area (TPSA) is 52.0 Å². The van der Waals surface area contributed by atoms with Crippen LogP contribution in [0.5, 0.6) is 0 Å². The number of Topliss-reactive ketones (excluding diaryl/α,β-unsaturated/α-hetero) is 2. The van der Waals surface area contributed by atoms with Crippen molar-refractivity contribution in [3.8, 4) is 10.7 Å². The zero-order chi connectivity index (χ0) is 20.4. The third kappa shape index (κ3) is 2.47. The Kier molecular flexibility index (Phi) is 3.69. The van der Waals surface area contributed by atoms with E-state index in [4.69, 9.17) is 0 Å². The van der Waals surface area contributed by atoms with Gasteiger partial charge in [0.05, 0.1) is 21.5 Å². The first-order valence-electron chi connectivity index (χ1n) is 9.43. The van der Waals surface area contributed by atoms with Crippen molar-refractivity contribution in [2.24, 2.45) is 7.05 Å². The van der Waals surface area contributed by atoms with E-state index in [0.717, 1.165) is 36.6 Å². The molecule has 30 heavy (non-hydrogen) atoms. The van der Waals surface area contributed by atoms with Gasteiger partial charge in [-0.05, 0) is 41.1 Å². The number of thiophene rings is 1. The molecule has 0 bridgehead atoms. The molecule has 5 aromatic rings. The van der Waals surface area contributed by atoms with Gasteiger partial charge in [0.2, 0.25) is 0 Å². The molecule has 2 aromatic carbocycles. The van der Waals surface area contributed by atoms with Crippen LogP contribution in [0.25, 0.3) is 37.8 Å². The van der Waals surface area contributed by atoms with E-state index < -0.39 is 0 Å². The first kappa shape index (κ1) is 17.5. The van der Waals surface area contributed by atoms with E-state index in [1.807, 2.05) is 54.9 Å². The Balaban J connectivity index is 1.43. The lowest BCUT2D eigenvalue weighted by Crippen LogP contribution is -1.99. The highest BCUT2D eigenvalue weighted by Crippen LogP contribution is 2.36. The number of allylic oxidation sites excluding steroid dienone is 1. The van der Waals surface area contributed by atoms with Gasteiger partial charge < -0.3 is 4.57 Å². The minimum absolute atomic E-state index is 0.193. The molecule has 3 heterocycles. The molecule has 0 saturated heterocycles. The Bertz CT molecular complexity index is 1480. The number of fused-ring (bicyclic) bond motifs is 3. The van der Waals surface area contributed by atoms with Crippen molar-refractivity contribution < 1.29 is 9.59 Å². The van der Waals surface area contributed by atoms with Crippen LogP contribution in [0.1, 0.15) is 25.6 Å². The van der Waals surface area contributed by atoms with Gasteiger partial charge in [-0.3, -0.25) is 9.59 Å². The zero-order valence-corrected chi connectivity index (χ0v) is 17.5. The number of hydrogen-bond donors (Lipinski definition) is 0. The number of carbonyl (C=O) groups is 2. The lowest BCUT2D eigenvalue weighted by molar-refractivity contribution is 0.0990. The number of carbonyl (C=O) groups excluding carboxylic acids is 2. The molecule has 0 fully saturated rings. The molecule has 0 N–H and O–H groups in total. The van der Waals surface area contributed by atoms with E-state index in [9.17, 15) is 9.59 Å². The van der Waals surface area contributed by atoms with E-state index in [1.165, 1.54) is 0 Å². The van der Waals surface area contributed by atoms with Gasteiger partial charge in [0.15, 0.2) is 11.6 Å². The Labute approximate surface area is 179 Å². The maximum Gasteiger partial charge on any atom is 0.197 e. The van der Waals surface area contributed by atoms with Gasteiger partial charge in [-0.1, -0.05) is 24.3 Å². The number of rotatable bonds is 2. The molecule has 1 aliphatic rings.